The maximum absolute atomic E-state index is 8.33. The van der Waals surface area contributed by atoms with Crippen LogP contribution in [0.1, 0.15) is 41.5 Å². The third kappa shape index (κ3) is 506. The van der Waals surface area contributed by atoms with E-state index in [1.54, 1.807) is 41.5 Å². The van der Waals surface area contributed by atoms with Crippen LogP contribution in [0.3, 0.4) is 0 Å². The summed E-state index contributed by atoms with van der Waals surface area (Å²) in [6, 6.07) is 0. The fourth-order valence-corrected chi connectivity index (χ4v) is 0.200. The third-order valence-corrected chi connectivity index (χ3v) is 0.547. The molecule has 6 nitrogen and oxygen atoms in total. The number of hydrogen-bond acceptors (Lipinski definition) is 6. The number of aliphatic hydroxyl groups is 4. The Bertz CT molecular complexity index is 113. The Morgan fingerprint density at radius 3 is 0.950 bits per heavy atom. The molecule has 0 aliphatic heterocycles. The van der Waals surface area contributed by atoms with Crippen molar-refractivity contribution in [1.29, 1.82) is 0 Å². The van der Waals surface area contributed by atoms with Crippen LogP contribution in [0.4, 0.5) is 0 Å². The van der Waals surface area contributed by atoms with Crippen LogP contribution in [-0.2, 0) is 23.2 Å². The van der Waals surface area contributed by atoms with E-state index < -0.39 is 0 Å². The van der Waals surface area contributed by atoms with Gasteiger partial charge < -0.3 is 25.3 Å². The van der Waals surface area contributed by atoms with Crippen LogP contribution >= 0.6 is 0 Å². The zero-order valence-corrected chi connectivity index (χ0v) is 17.1. The van der Waals surface area contributed by atoms with E-state index in [4.69, 9.17) is 23.8 Å². The molecule has 20 heavy (non-hydrogen) atoms. The van der Waals surface area contributed by atoms with Crippen LogP contribution in [-0.4, -0.2) is 70.9 Å². The van der Waals surface area contributed by atoms with Gasteiger partial charge in [0.2, 0.25) is 0 Å². The van der Waals surface area contributed by atoms with Crippen molar-refractivity contribution in [2.45, 2.75) is 59.9 Å². The van der Waals surface area contributed by atoms with Gasteiger partial charge in [-0.15, -0.1) is 0 Å². The molecule has 0 saturated heterocycles. The molecule has 0 atom stereocenters. The summed E-state index contributed by atoms with van der Waals surface area (Å²) in [6.45, 7) is 11.4. The van der Waals surface area contributed by atoms with Crippen molar-refractivity contribution < 1.29 is 43.6 Å². The monoisotopic (exact) mass is 469 g/mol. The Hall–Kier alpha value is 0.288. The van der Waals surface area contributed by atoms with Gasteiger partial charge in [-0.05, 0) is 55.6 Å². The number of hydrogen-bond donors (Lipinski definition) is 4. The molecular weight excluding hydrogens is 434 g/mol. The first kappa shape index (κ1) is 32.3. The van der Waals surface area contributed by atoms with Crippen LogP contribution in [0, 0.1) is 0 Å². The molecule has 0 radical (unpaired) electrons. The van der Waals surface area contributed by atoms with Gasteiger partial charge in [0, 0.05) is 24.9 Å². The maximum atomic E-state index is 8.33. The van der Waals surface area contributed by atoms with Gasteiger partial charge in [0.1, 0.15) is 0 Å². The van der Waals surface area contributed by atoms with Gasteiger partial charge in [-0.2, -0.15) is 0 Å². The third-order valence-electron chi connectivity index (χ3n) is 0.547. The zero-order valence-electron chi connectivity index (χ0n) is 14.2. The SMILES string of the molecule is CC(C)O.CC(C)O.CC(C)O.CN(C)CCO.[O]=[W]. The van der Waals surface area contributed by atoms with Crippen LogP contribution in [0.2, 0.25) is 0 Å². The summed E-state index contributed by atoms with van der Waals surface area (Å²) in [5.74, 6) is 0. The molecule has 0 bridgehead atoms. The molecule has 0 aromatic heterocycles. The van der Waals surface area contributed by atoms with E-state index in [1.165, 1.54) is 0 Å². The number of aliphatic hydroxyl groups excluding tert-OH is 4. The molecule has 0 heterocycles. The van der Waals surface area contributed by atoms with E-state index in [1.807, 2.05) is 19.0 Å². The Morgan fingerprint density at radius 1 is 0.800 bits per heavy atom. The summed E-state index contributed by atoms with van der Waals surface area (Å²) in [7, 11) is 3.85. The van der Waals surface area contributed by atoms with Crippen molar-refractivity contribution in [3.05, 3.63) is 0 Å². The molecule has 0 saturated carbocycles. The molecule has 0 fully saturated rings. The Labute approximate surface area is 136 Å². The van der Waals surface area contributed by atoms with Gasteiger partial charge in [-0.25, -0.2) is 0 Å². The van der Waals surface area contributed by atoms with Gasteiger partial charge in [0.05, 0.1) is 6.61 Å². The van der Waals surface area contributed by atoms with Crippen molar-refractivity contribution in [2.75, 3.05) is 27.2 Å². The van der Waals surface area contributed by atoms with Crippen molar-refractivity contribution in [3.8, 4) is 0 Å². The molecule has 128 valence electrons. The van der Waals surface area contributed by atoms with Crippen LogP contribution < -0.4 is 0 Å². The zero-order chi connectivity index (χ0) is 17.7. The molecule has 0 aromatic rings. The predicted molar refractivity (Wildman–Crippen MR) is 78.4 cm³/mol. The summed E-state index contributed by atoms with van der Waals surface area (Å²) < 4.78 is 8.33. The number of likely N-dealkylation sites (N-methyl/N-ethyl adjacent to an activating group) is 1. The molecule has 0 aliphatic carbocycles. The van der Waals surface area contributed by atoms with Crippen molar-refractivity contribution in [2.24, 2.45) is 0 Å². The molecule has 0 aromatic carbocycles. The molecule has 4 N–H and O–H groups in total. The Morgan fingerprint density at radius 2 is 0.950 bits per heavy atom. The summed E-state index contributed by atoms with van der Waals surface area (Å²) in [4.78, 5) is 1.93. The summed E-state index contributed by atoms with van der Waals surface area (Å²) >= 11 is 0.333. The summed E-state index contributed by atoms with van der Waals surface area (Å²) in [6.07, 6.45) is -0.500. The first-order chi connectivity index (χ1) is 8.97. The topological polar surface area (TPSA) is 101 Å². The predicted octanol–water partition coefficient (Wildman–Crippen LogP) is 0.580. The second-order valence-electron chi connectivity index (χ2n) is 4.81. The molecule has 0 rings (SSSR count). The Balaban J connectivity index is -0.0000000488. The van der Waals surface area contributed by atoms with Crippen molar-refractivity contribution >= 4 is 0 Å². The van der Waals surface area contributed by atoms with Gasteiger partial charge in [0.15, 0.2) is 0 Å². The Kier molecular flexibility index (Phi) is 51.0. The normalized spacial score (nSPS) is 8.60. The molecule has 0 amide bonds. The fourth-order valence-electron chi connectivity index (χ4n) is 0.200. The molecule has 0 aliphatic rings. The van der Waals surface area contributed by atoms with E-state index in [-0.39, 0.29) is 24.9 Å². The first-order valence-corrected chi connectivity index (χ1v) is 7.63. The minimum atomic E-state index is -0.167. The van der Waals surface area contributed by atoms with Crippen molar-refractivity contribution in [1.82, 2.24) is 4.90 Å². The quantitative estimate of drug-likeness (QED) is 0.472. The first-order valence-electron chi connectivity index (χ1n) is 6.43. The second kappa shape index (κ2) is 31.6. The standard InChI is InChI=1S/C4H11NO.3C3H8O.O.W/c1-5(2)3-4-6;3*1-3(2)4;;/h6H,3-4H2,1-2H3;3*3-4H,1-2H3;;. The average Bonchev–Trinajstić information content (AvgIpc) is 2.17. The average molecular weight is 469 g/mol. The minimum absolute atomic E-state index is 0.167. The van der Waals surface area contributed by atoms with Crippen LogP contribution in [0.25, 0.3) is 0 Å². The molecule has 7 heteroatoms. The van der Waals surface area contributed by atoms with Crippen molar-refractivity contribution in [3.63, 3.8) is 0 Å². The van der Waals surface area contributed by atoms with E-state index in [0.29, 0.717) is 19.8 Å². The van der Waals surface area contributed by atoms with Gasteiger partial charge in [-0.3, -0.25) is 0 Å². The number of rotatable bonds is 2. The van der Waals surface area contributed by atoms with Crippen LogP contribution in [0.15, 0.2) is 0 Å². The van der Waals surface area contributed by atoms with Gasteiger partial charge in [-0.1, -0.05) is 0 Å². The fraction of sp³-hybridized carbons (Fsp3) is 1.00. The number of nitrogens with zero attached hydrogens (tertiary/aromatic N) is 1. The summed E-state index contributed by atoms with van der Waals surface area (Å²) in [5, 5.41) is 32.4. The van der Waals surface area contributed by atoms with E-state index in [9.17, 15) is 0 Å². The van der Waals surface area contributed by atoms with E-state index in [2.05, 4.69) is 0 Å². The van der Waals surface area contributed by atoms with Gasteiger partial charge >= 0.3 is 23.2 Å². The molecular formula is C13H35NO5W. The second-order valence-corrected chi connectivity index (χ2v) is 4.81. The molecule has 0 unspecified atom stereocenters. The van der Waals surface area contributed by atoms with E-state index >= 15 is 0 Å². The molecule has 0 spiro atoms. The van der Waals surface area contributed by atoms with Crippen LogP contribution in [0.5, 0.6) is 0 Å². The summed E-state index contributed by atoms with van der Waals surface area (Å²) in [5.41, 5.74) is 0. The van der Waals surface area contributed by atoms with E-state index in [0.717, 1.165) is 6.54 Å². The van der Waals surface area contributed by atoms with Gasteiger partial charge in [0.25, 0.3) is 0 Å².